The zero-order valence-electron chi connectivity index (χ0n) is 23.0. The van der Waals surface area contributed by atoms with Crippen molar-refractivity contribution >= 4 is 16.9 Å². The molecule has 0 spiro atoms. The Morgan fingerprint density at radius 3 is 1.89 bits per heavy atom. The molecule has 198 valence electrons. The first-order chi connectivity index (χ1) is 17.0. The summed E-state index contributed by atoms with van der Waals surface area (Å²) < 4.78 is 2.35. The topological polar surface area (TPSA) is 64.1 Å². The van der Waals surface area contributed by atoms with Gasteiger partial charge in [-0.2, -0.15) is 0 Å². The first kappa shape index (κ1) is 29.4. The minimum Gasteiger partial charge on any atom is -0.366 e. The van der Waals surface area contributed by atoms with Crippen LogP contribution in [0.1, 0.15) is 126 Å². The minimum atomic E-state index is -0.391. The molecule has 2 aromatic rings. The lowest BCUT2D eigenvalue weighted by atomic mass is 10.0. The molecule has 0 aliphatic heterocycles. The molecule has 0 fully saturated rings. The van der Waals surface area contributed by atoms with Crippen LogP contribution >= 0.6 is 0 Å². The molecule has 35 heavy (non-hydrogen) atoms. The molecule has 5 heteroatoms. The van der Waals surface area contributed by atoms with E-state index in [0.717, 1.165) is 42.8 Å². The molecule has 0 aliphatic carbocycles. The van der Waals surface area contributed by atoms with Gasteiger partial charge < -0.3 is 15.2 Å². The van der Waals surface area contributed by atoms with E-state index in [9.17, 15) is 4.79 Å². The summed E-state index contributed by atoms with van der Waals surface area (Å²) in [5.41, 5.74) is 8.03. The lowest BCUT2D eigenvalue weighted by molar-refractivity contribution is 0.100. The van der Waals surface area contributed by atoms with Crippen molar-refractivity contribution in [2.24, 2.45) is 5.73 Å². The van der Waals surface area contributed by atoms with Gasteiger partial charge in [-0.15, -0.1) is 0 Å². The number of primary amides is 1. The zero-order chi connectivity index (χ0) is 25.3. The van der Waals surface area contributed by atoms with Crippen LogP contribution in [0.3, 0.4) is 0 Å². The maximum atomic E-state index is 11.6. The summed E-state index contributed by atoms with van der Waals surface area (Å²) in [5.74, 6) is 0.757. The normalized spacial score (nSPS) is 11.7. The van der Waals surface area contributed by atoms with Gasteiger partial charge in [0, 0.05) is 18.5 Å². The number of hydrogen-bond donors (Lipinski definition) is 1. The van der Waals surface area contributed by atoms with Crippen molar-refractivity contribution in [2.45, 2.75) is 123 Å². The first-order valence-corrected chi connectivity index (χ1v) is 14.5. The maximum Gasteiger partial charge on any atom is 0.248 e. The second-order valence-electron chi connectivity index (χ2n) is 10.6. The molecule has 1 amide bonds. The van der Waals surface area contributed by atoms with E-state index in [0.29, 0.717) is 5.56 Å². The second-order valence-corrected chi connectivity index (χ2v) is 10.6. The highest BCUT2D eigenvalue weighted by Gasteiger charge is 2.12. The molecule has 0 bridgehead atoms. The molecule has 0 aliphatic rings. The number of imidazole rings is 1. The number of carbonyl (C=O) groups is 1. The van der Waals surface area contributed by atoms with Gasteiger partial charge in [-0.3, -0.25) is 4.79 Å². The summed E-state index contributed by atoms with van der Waals surface area (Å²) in [5, 5.41) is 0. The Labute approximate surface area is 214 Å². The number of carbonyl (C=O) groups excluding carboxylic acids is 1. The molecule has 0 saturated carbocycles. The van der Waals surface area contributed by atoms with E-state index in [1.54, 1.807) is 0 Å². The minimum absolute atomic E-state index is 0.391. The largest absolute Gasteiger partial charge is 0.366 e. The van der Waals surface area contributed by atoms with Crippen LogP contribution in [-0.4, -0.2) is 41.0 Å². The summed E-state index contributed by atoms with van der Waals surface area (Å²) in [6.45, 7) is 4.30. The number of nitrogens with zero attached hydrogens (tertiary/aromatic N) is 3. The van der Waals surface area contributed by atoms with Gasteiger partial charge >= 0.3 is 0 Å². The van der Waals surface area contributed by atoms with E-state index in [1.165, 1.54) is 96.3 Å². The van der Waals surface area contributed by atoms with Crippen LogP contribution in [0.25, 0.3) is 11.0 Å². The Morgan fingerprint density at radius 2 is 1.37 bits per heavy atom. The molecule has 2 N–H and O–H groups in total. The highest BCUT2D eigenvalue weighted by molar-refractivity contribution is 5.96. The molecule has 0 saturated heterocycles. The van der Waals surface area contributed by atoms with Crippen LogP contribution in [0, 0.1) is 0 Å². The fourth-order valence-electron chi connectivity index (χ4n) is 4.97. The number of unbranched alkanes of at least 4 members (excludes halogenated alkanes) is 14. The third-order valence-electron chi connectivity index (χ3n) is 7.10. The Balaban J connectivity index is 1.66. The fraction of sp³-hybridized carbons (Fsp3) is 0.733. The average molecular weight is 485 g/mol. The highest BCUT2D eigenvalue weighted by Crippen LogP contribution is 2.21. The molecular weight excluding hydrogens is 432 g/mol. The van der Waals surface area contributed by atoms with Crippen molar-refractivity contribution in [3.05, 3.63) is 29.6 Å². The van der Waals surface area contributed by atoms with Gasteiger partial charge in [-0.05, 0) is 51.7 Å². The number of fused-ring (bicyclic) bond motifs is 1. The van der Waals surface area contributed by atoms with Gasteiger partial charge in [-0.25, -0.2) is 4.98 Å². The van der Waals surface area contributed by atoms with E-state index < -0.39 is 5.91 Å². The van der Waals surface area contributed by atoms with Crippen molar-refractivity contribution < 1.29 is 4.79 Å². The molecule has 5 nitrogen and oxygen atoms in total. The monoisotopic (exact) mass is 484 g/mol. The van der Waals surface area contributed by atoms with Crippen LogP contribution in [0.2, 0.25) is 0 Å². The van der Waals surface area contributed by atoms with E-state index in [2.05, 4.69) is 30.5 Å². The number of hydrogen-bond acceptors (Lipinski definition) is 3. The van der Waals surface area contributed by atoms with E-state index in [-0.39, 0.29) is 0 Å². The lowest BCUT2D eigenvalue weighted by Gasteiger charge is -2.12. The van der Waals surface area contributed by atoms with Crippen LogP contribution in [0.15, 0.2) is 18.2 Å². The zero-order valence-corrected chi connectivity index (χ0v) is 23.0. The molecule has 2 rings (SSSR count). The number of benzene rings is 1. The number of aromatic nitrogens is 2. The third-order valence-corrected chi connectivity index (χ3v) is 7.10. The molecule has 1 aromatic heterocycles. The van der Waals surface area contributed by atoms with Crippen LogP contribution in [-0.2, 0) is 13.0 Å². The SMILES string of the molecule is CCCCCCCCCCCCCCCCCc1nc2cc(C(N)=O)ccc2n1CCCN(C)C. The molecule has 1 heterocycles. The molecular formula is C30H52N4O. The van der Waals surface area contributed by atoms with Crippen molar-refractivity contribution in [1.29, 1.82) is 0 Å². The summed E-state index contributed by atoms with van der Waals surface area (Å²) in [4.78, 5) is 18.7. The van der Waals surface area contributed by atoms with Crippen LogP contribution in [0.4, 0.5) is 0 Å². The number of nitrogens with two attached hydrogens (primary N) is 1. The summed E-state index contributed by atoms with van der Waals surface area (Å²) >= 11 is 0. The average Bonchev–Trinajstić information content (AvgIpc) is 3.18. The molecule has 1 aromatic carbocycles. The van der Waals surface area contributed by atoms with Gasteiger partial charge in [0.15, 0.2) is 0 Å². The van der Waals surface area contributed by atoms with Crippen molar-refractivity contribution in [3.8, 4) is 0 Å². The van der Waals surface area contributed by atoms with E-state index in [1.807, 2.05) is 18.2 Å². The third kappa shape index (κ3) is 11.6. The first-order valence-electron chi connectivity index (χ1n) is 14.5. The van der Waals surface area contributed by atoms with Gasteiger partial charge in [0.25, 0.3) is 0 Å². The number of aryl methyl sites for hydroxylation is 2. The summed E-state index contributed by atoms with van der Waals surface area (Å²) in [7, 11) is 4.23. The van der Waals surface area contributed by atoms with Crippen molar-refractivity contribution in [1.82, 2.24) is 14.5 Å². The predicted octanol–water partition coefficient (Wildman–Crippen LogP) is 7.50. The fourth-order valence-corrected chi connectivity index (χ4v) is 4.97. The van der Waals surface area contributed by atoms with E-state index in [4.69, 9.17) is 10.7 Å². The smallest absolute Gasteiger partial charge is 0.248 e. The molecule has 0 atom stereocenters. The van der Waals surface area contributed by atoms with Gasteiger partial charge in [0.05, 0.1) is 11.0 Å². The van der Waals surface area contributed by atoms with Crippen molar-refractivity contribution in [2.75, 3.05) is 20.6 Å². The van der Waals surface area contributed by atoms with Crippen LogP contribution in [0.5, 0.6) is 0 Å². The number of amides is 1. The van der Waals surface area contributed by atoms with Gasteiger partial charge in [-0.1, -0.05) is 96.8 Å². The standard InChI is InChI=1S/C30H52N4O/c1-4-5-6-7-8-9-10-11-12-13-14-15-16-17-18-20-29-32-27-25-26(30(31)35)21-22-28(27)34(29)24-19-23-33(2)3/h21-22,25H,4-20,23-24H2,1-3H3,(H2,31,35). The molecule has 0 radical (unpaired) electrons. The Bertz CT molecular complexity index is 842. The predicted molar refractivity (Wildman–Crippen MR) is 150 cm³/mol. The summed E-state index contributed by atoms with van der Waals surface area (Å²) in [6.07, 6.45) is 22.8. The Morgan fingerprint density at radius 1 is 0.829 bits per heavy atom. The lowest BCUT2D eigenvalue weighted by Crippen LogP contribution is -2.16. The molecule has 0 unspecified atom stereocenters. The van der Waals surface area contributed by atoms with E-state index >= 15 is 0 Å². The quantitative estimate of drug-likeness (QED) is 0.187. The van der Waals surface area contributed by atoms with Gasteiger partial charge in [0.2, 0.25) is 5.91 Å². The maximum absolute atomic E-state index is 11.6. The van der Waals surface area contributed by atoms with Crippen LogP contribution < -0.4 is 5.73 Å². The Kier molecular flexibility index (Phi) is 14.7. The Hall–Kier alpha value is -1.88. The summed E-state index contributed by atoms with van der Waals surface area (Å²) in [6, 6.07) is 5.68. The van der Waals surface area contributed by atoms with Gasteiger partial charge in [0.1, 0.15) is 5.82 Å². The highest BCUT2D eigenvalue weighted by atomic mass is 16.1. The number of rotatable bonds is 21. The second kappa shape index (κ2) is 17.5. The van der Waals surface area contributed by atoms with Crippen molar-refractivity contribution in [3.63, 3.8) is 0 Å².